The third kappa shape index (κ3) is 3.89. The van der Waals surface area contributed by atoms with Gasteiger partial charge in [-0.05, 0) is 28.8 Å². The second-order valence-electron chi connectivity index (χ2n) is 7.30. The minimum Gasteiger partial charge on any atom is -0.372 e. The van der Waals surface area contributed by atoms with Gasteiger partial charge < -0.3 is 4.74 Å². The molecule has 2 nitrogen and oxygen atoms in total. The van der Waals surface area contributed by atoms with Crippen LogP contribution in [0.3, 0.4) is 0 Å². The van der Waals surface area contributed by atoms with Crippen molar-refractivity contribution in [3.63, 3.8) is 0 Å². The van der Waals surface area contributed by atoms with Crippen molar-refractivity contribution in [1.82, 2.24) is 0 Å². The van der Waals surface area contributed by atoms with Gasteiger partial charge in [-0.1, -0.05) is 53.7 Å². The van der Waals surface area contributed by atoms with Crippen LogP contribution in [-0.2, 0) is 9.53 Å². The monoisotopic (exact) mass is 307 g/mol. The smallest absolute Gasteiger partial charge is 0.372 e. The van der Waals surface area contributed by atoms with E-state index in [9.17, 15) is 18.0 Å². The maximum absolute atomic E-state index is 12.6. The predicted octanol–water partition coefficient (Wildman–Crippen LogP) is 5.01. The molecule has 120 valence electrons. The van der Waals surface area contributed by atoms with Gasteiger partial charge in [-0.25, -0.2) is 0 Å². The molecule has 0 heterocycles. The third-order valence-corrected chi connectivity index (χ3v) is 3.30. The number of ether oxygens (including phenoxy) is 1. The van der Waals surface area contributed by atoms with Crippen LogP contribution < -0.4 is 0 Å². The van der Waals surface area contributed by atoms with E-state index >= 15 is 0 Å². The van der Waals surface area contributed by atoms with Gasteiger partial charge in [0.1, 0.15) is 5.41 Å². The van der Waals surface area contributed by atoms with Crippen LogP contribution in [0.5, 0.6) is 0 Å². The summed E-state index contributed by atoms with van der Waals surface area (Å²) in [6, 6.07) is 0. The van der Waals surface area contributed by atoms with Gasteiger partial charge in [-0.2, -0.15) is 0 Å². The minimum absolute atomic E-state index is 0.0918. The standard InChI is InChI=1S/C16H23F3O2/c1-13(2,3)10-8-11(14(4,5)6)15(7,9-10)12(20)21-16(17,18)19/h8-9H,1-7H3/i7D3. The van der Waals surface area contributed by atoms with Crippen molar-refractivity contribution >= 4 is 5.97 Å². The molecule has 0 N–H and O–H groups in total. The van der Waals surface area contributed by atoms with E-state index in [1.54, 1.807) is 41.5 Å². The Bertz CT molecular complexity index is 588. The third-order valence-electron chi connectivity index (χ3n) is 3.30. The fraction of sp³-hybridized carbons (Fsp3) is 0.688. The van der Waals surface area contributed by atoms with E-state index in [2.05, 4.69) is 4.74 Å². The number of esters is 1. The number of allylic oxidation sites excluding steroid dienone is 2. The van der Waals surface area contributed by atoms with Crippen LogP contribution in [0.2, 0.25) is 0 Å². The molecular formula is C16H23F3O2. The van der Waals surface area contributed by atoms with Gasteiger partial charge >= 0.3 is 12.3 Å². The van der Waals surface area contributed by atoms with Gasteiger partial charge in [-0.3, -0.25) is 4.79 Å². The number of carbonyl (C=O) groups excluding carboxylic acids is 1. The lowest BCUT2D eigenvalue weighted by molar-refractivity contribution is -0.308. The highest BCUT2D eigenvalue weighted by Gasteiger charge is 2.49. The number of halogens is 3. The lowest BCUT2D eigenvalue weighted by Crippen LogP contribution is -2.36. The fourth-order valence-corrected chi connectivity index (χ4v) is 2.22. The van der Waals surface area contributed by atoms with Gasteiger partial charge in [0.15, 0.2) is 0 Å². The molecule has 0 aromatic carbocycles. The zero-order chi connectivity index (χ0) is 19.4. The molecule has 0 aliphatic heterocycles. The van der Waals surface area contributed by atoms with E-state index in [0.29, 0.717) is 5.57 Å². The Morgan fingerprint density at radius 1 is 1.14 bits per heavy atom. The molecule has 0 saturated carbocycles. The summed E-state index contributed by atoms with van der Waals surface area (Å²) in [4.78, 5) is 12.4. The fourth-order valence-electron chi connectivity index (χ4n) is 2.22. The van der Waals surface area contributed by atoms with Crippen molar-refractivity contribution in [3.05, 3.63) is 23.3 Å². The van der Waals surface area contributed by atoms with Crippen LogP contribution in [0.4, 0.5) is 13.2 Å². The summed E-state index contributed by atoms with van der Waals surface area (Å²) in [5, 5.41) is 0. The first kappa shape index (κ1) is 13.4. The molecule has 0 fully saturated rings. The van der Waals surface area contributed by atoms with Crippen molar-refractivity contribution in [1.29, 1.82) is 0 Å². The molecule has 1 unspecified atom stereocenters. The van der Waals surface area contributed by atoms with Crippen molar-refractivity contribution in [3.8, 4) is 0 Å². The Morgan fingerprint density at radius 3 is 2.00 bits per heavy atom. The molecule has 5 heteroatoms. The summed E-state index contributed by atoms with van der Waals surface area (Å²) in [6.45, 7) is 7.31. The van der Waals surface area contributed by atoms with Crippen molar-refractivity contribution in [2.24, 2.45) is 16.2 Å². The first-order valence-corrected chi connectivity index (χ1v) is 6.58. The first-order chi connectivity index (χ1) is 10.3. The van der Waals surface area contributed by atoms with Gasteiger partial charge in [0, 0.05) is 4.11 Å². The van der Waals surface area contributed by atoms with Crippen LogP contribution in [0.1, 0.15) is 52.5 Å². The van der Waals surface area contributed by atoms with Crippen molar-refractivity contribution < 1.29 is 26.8 Å². The second-order valence-corrected chi connectivity index (χ2v) is 7.30. The summed E-state index contributed by atoms with van der Waals surface area (Å²) < 4.78 is 64.8. The zero-order valence-corrected chi connectivity index (χ0v) is 13.1. The Balaban J connectivity index is 3.71. The molecule has 0 saturated heterocycles. The van der Waals surface area contributed by atoms with E-state index in [0.717, 1.165) is 6.08 Å². The summed E-state index contributed by atoms with van der Waals surface area (Å²) >= 11 is 0. The van der Waals surface area contributed by atoms with E-state index in [1.807, 2.05) is 0 Å². The Morgan fingerprint density at radius 2 is 1.67 bits per heavy atom. The van der Waals surface area contributed by atoms with Crippen molar-refractivity contribution in [2.75, 3.05) is 0 Å². The molecule has 0 spiro atoms. The number of rotatable bonds is 1. The molecule has 0 aromatic heterocycles. The first-order valence-electron chi connectivity index (χ1n) is 8.08. The average Bonchev–Trinajstić information content (AvgIpc) is 2.65. The van der Waals surface area contributed by atoms with Crippen LogP contribution in [-0.4, -0.2) is 12.3 Å². The molecule has 0 radical (unpaired) electrons. The summed E-state index contributed by atoms with van der Waals surface area (Å²) in [5.41, 5.74) is -3.26. The molecule has 0 amide bonds. The van der Waals surface area contributed by atoms with E-state index in [-0.39, 0.29) is 5.57 Å². The summed E-state index contributed by atoms with van der Waals surface area (Å²) in [7, 11) is 0. The van der Waals surface area contributed by atoms with Gasteiger partial charge in [-0.15, -0.1) is 13.2 Å². The topological polar surface area (TPSA) is 26.3 Å². The van der Waals surface area contributed by atoms with Gasteiger partial charge in [0.25, 0.3) is 0 Å². The van der Waals surface area contributed by atoms with Crippen LogP contribution in [0.25, 0.3) is 0 Å². The lowest BCUT2D eigenvalue weighted by atomic mass is 9.72. The highest BCUT2D eigenvalue weighted by molar-refractivity contribution is 5.85. The molecule has 1 rings (SSSR count). The van der Waals surface area contributed by atoms with Gasteiger partial charge in [0.05, 0.1) is 0 Å². The number of hydrogen-bond acceptors (Lipinski definition) is 2. The van der Waals surface area contributed by atoms with E-state index in [4.69, 9.17) is 4.11 Å². The largest absolute Gasteiger partial charge is 0.575 e. The summed E-state index contributed by atoms with van der Waals surface area (Å²) in [6.07, 6.45) is -2.62. The zero-order valence-electron chi connectivity index (χ0n) is 16.1. The normalized spacial score (nSPS) is 26.4. The molecule has 1 aliphatic carbocycles. The molecule has 0 bridgehead atoms. The number of hydrogen-bond donors (Lipinski definition) is 0. The molecular weight excluding hydrogens is 281 g/mol. The Hall–Kier alpha value is -1.26. The number of carbonyl (C=O) groups is 1. The minimum atomic E-state index is -5.25. The van der Waals surface area contributed by atoms with E-state index in [1.165, 1.54) is 6.08 Å². The van der Waals surface area contributed by atoms with Crippen LogP contribution in [0, 0.1) is 16.2 Å². The highest BCUT2D eigenvalue weighted by atomic mass is 19.4. The van der Waals surface area contributed by atoms with Crippen LogP contribution >= 0.6 is 0 Å². The maximum atomic E-state index is 12.6. The SMILES string of the molecule is [2H]C([2H])([2H])C1(C(=O)OC(F)(F)F)C=C(C(C)(C)C)C=C1C(C)(C)C. The van der Waals surface area contributed by atoms with Crippen molar-refractivity contribution in [2.45, 2.75) is 54.8 Å². The summed E-state index contributed by atoms with van der Waals surface area (Å²) in [5.74, 6) is -1.82. The Kier molecular flexibility index (Phi) is 3.12. The molecule has 1 aliphatic rings. The quantitative estimate of drug-likeness (QED) is 0.636. The highest BCUT2D eigenvalue weighted by Crippen LogP contribution is 2.50. The Labute approximate surface area is 128 Å². The second kappa shape index (κ2) is 4.89. The molecule has 0 aromatic rings. The lowest BCUT2D eigenvalue weighted by Gasteiger charge is -2.33. The maximum Gasteiger partial charge on any atom is 0.575 e. The van der Waals surface area contributed by atoms with Gasteiger partial charge in [0.2, 0.25) is 0 Å². The van der Waals surface area contributed by atoms with Crippen LogP contribution in [0.15, 0.2) is 23.3 Å². The molecule has 21 heavy (non-hydrogen) atoms. The predicted molar refractivity (Wildman–Crippen MR) is 75.3 cm³/mol. The molecule has 1 atom stereocenters. The van der Waals surface area contributed by atoms with E-state index < -0.39 is 35.4 Å². The number of alkyl halides is 3. The average molecular weight is 307 g/mol.